The van der Waals surface area contributed by atoms with Gasteiger partial charge in [-0.15, -0.1) is 0 Å². The summed E-state index contributed by atoms with van der Waals surface area (Å²) < 4.78 is 0. The molecule has 0 bridgehead atoms. The molecule has 2 rings (SSSR count). The molecule has 2 aliphatic rings. The highest BCUT2D eigenvalue weighted by molar-refractivity contribution is 5.33. The van der Waals surface area contributed by atoms with Crippen LogP contribution in [0.5, 0.6) is 0 Å². The summed E-state index contributed by atoms with van der Waals surface area (Å²) in [6, 6.07) is 0. The van der Waals surface area contributed by atoms with E-state index in [-0.39, 0.29) is 0 Å². The van der Waals surface area contributed by atoms with Crippen molar-refractivity contribution in [3.05, 3.63) is 34.4 Å². The Morgan fingerprint density at radius 3 is 2.67 bits per heavy atom. The predicted molar refractivity (Wildman–Crippen MR) is 66.7 cm³/mol. The lowest BCUT2D eigenvalue weighted by Gasteiger charge is -2.36. The van der Waals surface area contributed by atoms with Crippen molar-refractivity contribution < 1.29 is 0 Å². The third kappa shape index (κ3) is 1.95. The number of hydrogen-bond donors (Lipinski definition) is 0. The van der Waals surface area contributed by atoms with Gasteiger partial charge in [0, 0.05) is 5.92 Å². The molecular formula is C15H22. The lowest BCUT2D eigenvalue weighted by molar-refractivity contribution is 0.423. The van der Waals surface area contributed by atoms with E-state index in [1.165, 1.54) is 24.8 Å². The fraction of sp³-hybridized carbons (Fsp3) is 0.600. The molecule has 0 aromatic heterocycles. The molecule has 0 radical (unpaired) electrons. The van der Waals surface area contributed by atoms with Crippen LogP contribution in [0.4, 0.5) is 0 Å². The molecule has 0 aromatic carbocycles. The Kier molecular flexibility index (Phi) is 2.86. The highest BCUT2D eigenvalue weighted by Gasteiger charge is 2.30. The molecule has 0 nitrogen and oxygen atoms in total. The molecule has 2 aliphatic carbocycles. The molecule has 0 saturated heterocycles. The standard InChI is InChI=1S/C15H22/c1-10(2)13-8-6-12(4)14-7-5-11(3)9-15(13)14/h6,9,14-15H,5,7-8H2,1-4H3/t14-,15+/m1/s1. The van der Waals surface area contributed by atoms with Gasteiger partial charge in [0.05, 0.1) is 0 Å². The van der Waals surface area contributed by atoms with Crippen LogP contribution in [-0.2, 0) is 0 Å². The topological polar surface area (TPSA) is 0 Å². The minimum atomic E-state index is 0.716. The Hall–Kier alpha value is -0.780. The first-order valence-electron chi connectivity index (χ1n) is 6.09. The molecule has 0 saturated carbocycles. The highest BCUT2D eigenvalue weighted by Crippen LogP contribution is 2.43. The van der Waals surface area contributed by atoms with Crippen molar-refractivity contribution in [3.8, 4) is 0 Å². The van der Waals surface area contributed by atoms with E-state index in [2.05, 4.69) is 39.8 Å². The van der Waals surface area contributed by atoms with Crippen LogP contribution in [0.2, 0.25) is 0 Å². The molecule has 0 unspecified atom stereocenters. The maximum Gasteiger partial charge on any atom is 0.00504 e. The summed E-state index contributed by atoms with van der Waals surface area (Å²) >= 11 is 0. The second-order valence-corrected chi connectivity index (χ2v) is 5.36. The summed E-state index contributed by atoms with van der Waals surface area (Å²) in [5.41, 5.74) is 6.41. The van der Waals surface area contributed by atoms with Gasteiger partial charge in [-0.3, -0.25) is 0 Å². The van der Waals surface area contributed by atoms with Gasteiger partial charge in [0.2, 0.25) is 0 Å². The van der Waals surface area contributed by atoms with Gasteiger partial charge in [-0.05, 0) is 52.9 Å². The van der Waals surface area contributed by atoms with E-state index >= 15 is 0 Å². The van der Waals surface area contributed by atoms with Crippen LogP contribution in [0.3, 0.4) is 0 Å². The Morgan fingerprint density at radius 2 is 2.00 bits per heavy atom. The van der Waals surface area contributed by atoms with E-state index in [9.17, 15) is 0 Å². The van der Waals surface area contributed by atoms with Crippen molar-refractivity contribution in [1.29, 1.82) is 0 Å². The normalized spacial score (nSPS) is 30.5. The van der Waals surface area contributed by atoms with Crippen LogP contribution >= 0.6 is 0 Å². The molecule has 15 heavy (non-hydrogen) atoms. The van der Waals surface area contributed by atoms with Gasteiger partial charge < -0.3 is 0 Å². The first kappa shape index (κ1) is 10.7. The molecule has 0 fully saturated rings. The van der Waals surface area contributed by atoms with Crippen LogP contribution in [0.25, 0.3) is 0 Å². The van der Waals surface area contributed by atoms with Crippen LogP contribution in [0.15, 0.2) is 34.4 Å². The van der Waals surface area contributed by atoms with Crippen LogP contribution in [-0.4, -0.2) is 0 Å². The van der Waals surface area contributed by atoms with Crippen molar-refractivity contribution in [3.63, 3.8) is 0 Å². The number of hydrogen-bond acceptors (Lipinski definition) is 0. The van der Waals surface area contributed by atoms with Gasteiger partial charge in [0.1, 0.15) is 0 Å². The van der Waals surface area contributed by atoms with E-state index in [1.807, 2.05) is 0 Å². The number of allylic oxidation sites excluding steroid dienone is 6. The average molecular weight is 202 g/mol. The van der Waals surface area contributed by atoms with E-state index in [0.717, 1.165) is 5.92 Å². The lowest BCUT2D eigenvalue weighted by atomic mass is 9.69. The Morgan fingerprint density at radius 1 is 1.27 bits per heavy atom. The average Bonchev–Trinajstić information content (AvgIpc) is 2.17. The molecular weight excluding hydrogens is 180 g/mol. The van der Waals surface area contributed by atoms with Gasteiger partial charge in [-0.1, -0.05) is 34.4 Å². The summed E-state index contributed by atoms with van der Waals surface area (Å²) in [4.78, 5) is 0. The van der Waals surface area contributed by atoms with E-state index < -0.39 is 0 Å². The zero-order valence-electron chi connectivity index (χ0n) is 10.4. The molecule has 82 valence electrons. The summed E-state index contributed by atoms with van der Waals surface area (Å²) in [7, 11) is 0. The molecule has 0 heterocycles. The quantitative estimate of drug-likeness (QED) is 0.502. The van der Waals surface area contributed by atoms with Crippen LogP contribution in [0.1, 0.15) is 47.0 Å². The minimum Gasteiger partial charge on any atom is -0.0812 e. The molecule has 0 spiro atoms. The van der Waals surface area contributed by atoms with Crippen molar-refractivity contribution in [2.75, 3.05) is 0 Å². The fourth-order valence-electron chi connectivity index (χ4n) is 3.02. The number of rotatable bonds is 0. The van der Waals surface area contributed by atoms with E-state index in [4.69, 9.17) is 0 Å². The van der Waals surface area contributed by atoms with Crippen LogP contribution < -0.4 is 0 Å². The van der Waals surface area contributed by atoms with Gasteiger partial charge >= 0.3 is 0 Å². The van der Waals surface area contributed by atoms with Crippen molar-refractivity contribution in [2.45, 2.75) is 47.0 Å². The Labute approximate surface area is 93.8 Å². The van der Waals surface area contributed by atoms with E-state index in [1.54, 1.807) is 16.7 Å². The van der Waals surface area contributed by atoms with Gasteiger partial charge in [-0.25, -0.2) is 0 Å². The maximum absolute atomic E-state index is 2.52. The summed E-state index contributed by atoms with van der Waals surface area (Å²) in [5, 5.41) is 0. The van der Waals surface area contributed by atoms with E-state index in [0.29, 0.717) is 5.92 Å². The molecule has 0 aliphatic heterocycles. The predicted octanol–water partition coefficient (Wildman–Crippen LogP) is 4.65. The zero-order chi connectivity index (χ0) is 11.0. The Bertz CT molecular complexity index is 348. The third-order valence-electron chi connectivity index (χ3n) is 4.02. The molecule has 0 amide bonds. The Balaban J connectivity index is 2.41. The molecule has 0 heteroatoms. The highest BCUT2D eigenvalue weighted by atomic mass is 14.3. The monoisotopic (exact) mass is 202 g/mol. The zero-order valence-corrected chi connectivity index (χ0v) is 10.4. The molecule has 2 atom stereocenters. The first-order chi connectivity index (χ1) is 7.09. The number of fused-ring (bicyclic) bond motifs is 1. The van der Waals surface area contributed by atoms with Gasteiger partial charge in [0.15, 0.2) is 0 Å². The van der Waals surface area contributed by atoms with Gasteiger partial charge in [0.25, 0.3) is 0 Å². The van der Waals surface area contributed by atoms with Crippen molar-refractivity contribution in [1.82, 2.24) is 0 Å². The van der Waals surface area contributed by atoms with Crippen molar-refractivity contribution in [2.24, 2.45) is 11.8 Å². The van der Waals surface area contributed by atoms with Gasteiger partial charge in [-0.2, -0.15) is 0 Å². The first-order valence-corrected chi connectivity index (χ1v) is 6.09. The second-order valence-electron chi connectivity index (χ2n) is 5.36. The molecule has 0 N–H and O–H groups in total. The summed E-state index contributed by atoms with van der Waals surface area (Å²) in [6.07, 6.45) is 8.79. The summed E-state index contributed by atoms with van der Waals surface area (Å²) in [6.45, 7) is 9.12. The second kappa shape index (κ2) is 4.00. The SMILES string of the molecule is CC1=C[C@H]2C(=C(C)C)CC=C(C)[C@H]2CC1. The van der Waals surface area contributed by atoms with Crippen LogP contribution in [0, 0.1) is 11.8 Å². The largest absolute Gasteiger partial charge is 0.0812 e. The maximum atomic E-state index is 2.52. The van der Waals surface area contributed by atoms with Crippen molar-refractivity contribution >= 4 is 0 Å². The third-order valence-corrected chi connectivity index (χ3v) is 4.02. The lowest BCUT2D eigenvalue weighted by Crippen LogP contribution is -2.24. The smallest absolute Gasteiger partial charge is 0.00504 e. The fourth-order valence-corrected chi connectivity index (χ4v) is 3.02. The molecule has 0 aromatic rings. The summed E-state index contributed by atoms with van der Waals surface area (Å²) in [5.74, 6) is 1.51. The minimum absolute atomic E-state index is 0.716.